The maximum atomic E-state index is 12.9. The van der Waals surface area contributed by atoms with Crippen LogP contribution in [0.1, 0.15) is 11.6 Å². The van der Waals surface area contributed by atoms with Gasteiger partial charge in [0.25, 0.3) is 0 Å². The normalized spacial score (nSPS) is 17.9. The Morgan fingerprint density at radius 1 is 0.774 bits per heavy atom. The summed E-state index contributed by atoms with van der Waals surface area (Å²) in [6.07, 6.45) is 0. The molecule has 1 aliphatic heterocycles. The lowest BCUT2D eigenvalue weighted by Crippen LogP contribution is -2.42. The summed E-state index contributed by atoms with van der Waals surface area (Å²) in [6, 6.07) is 13.9. The van der Waals surface area contributed by atoms with Gasteiger partial charge in [-0.1, -0.05) is 30.3 Å². The van der Waals surface area contributed by atoms with Gasteiger partial charge in [-0.05, 0) is 29.8 Å². The lowest BCUT2D eigenvalue weighted by molar-refractivity contribution is -0.144. The average Bonchev–Trinajstić information content (AvgIpc) is 3.19. The average molecular weight is 425 g/mol. The largest absolute Gasteiger partial charge is 0.497 e. The summed E-state index contributed by atoms with van der Waals surface area (Å²) < 4.78 is 20.3. The SMILES string of the molecule is COC(=O)C1=C(C(=O)OC)[C@H](c2cccc(OC)c2)N(c2ccccc2)[C@H]1C(=O)OC. The number of nitrogens with zero attached hydrogens (tertiary/aromatic N) is 1. The van der Waals surface area contributed by atoms with E-state index < -0.39 is 30.0 Å². The number of ether oxygens (including phenoxy) is 4. The lowest BCUT2D eigenvalue weighted by Gasteiger charge is -2.33. The van der Waals surface area contributed by atoms with Crippen LogP contribution in [0.3, 0.4) is 0 Å². The number of benzene rings is 2. The zero-order valence-electron chi connectivity index (χ0n) is 17.7. The Morgan fingerprint density at radius 3 is 2.00 bits per heavy atom. The highest BCUT2D eigenvalue weighted by atomic mass is 16.5. The molecule has 8 heteroatoms. The van der Waals surface area contributed by atoms with Gasteiger partial charge in [-0.25, -0.2) is 14.4 Å². The van der Waals surface area contributed by atoms with Crippen LogP contribution < -0.4 is 9.64 Å². The van der Waals surface area contributed by atoms with E-state index in [2.05, 4.69) is 0 Å². The van der Waals surface area contributed by atoms with Crippen molar-refractivity contribution in [2.75, 3.05) is 33.3 Å². The van der Waals surface area contributed by atoms with Crippen molar-refractivity contribution in [3.8, 4) is 5.75 Å². The number of anilines is 1. The van der Waals surface area contributed by atoms with E-state index in [0.29, 0.717) is 17.0 Å². The van der Waals surface area contributed by atoms with E-state index in [4.69, 9.17) is 18.9 Å². The minimum atomic E-state index is -1.22. The van der Waals surface area contributed by atoms with Crippen molar-refractivity contribution in [1.82, 2.24) is 0 Å². The molecule has 0 bridgehead atoms. The molecule has 1 heterocycles. The van der Waals surface area contributed by atoms with E-state index in [0.717, 1.165) is 0 Å². The zero-order chi connectivity index (χ0) is 22.5. The first kappa shape index (κ1) is 21.9. The molecule has 2 aromatic carbocycles. The number of methoxy groups -OCH3 is 4. The molecule has 2 aromatic rings. The third kappa shape index (κ3) is 3.96. The number of esters is 3. The standard InChI is InChI=1S/C23H23NO7/c1-28-16-12-8-9-14(13-16)19-17(21(25)29-2)18(22(26)30-3)20(23(27)31-4)24(19)15-10-6-5-7-11-15/h5-13,19-20H,1-4H3/t19-,20+/m0/s1. The maximum Gasteiger partial charge on any atom is 0.337 e. The van der Waals surface area contributed by atoms with Gasteiger partial charge in [-0.2, -0.15) is 0 Å². The van der Waals surface area contributed by atoms with Crippen molar-refractivity contribution < 1.29 is 33.3 Å². The first-order chi connectivity index (χ1) is 15.0. The van der Waals surface area contributed by atoms with Crippen LogP contribution in [0, 0.1) is 0 Å². The van der Waals surface area contributed by atoms with Gasteiger partial charge in [0.15, 0.2) is 6.04 Å². The first-order valence-corrected chi connectivity index (χ1v) is 9.44. The first-order valence-electron chi connectivity index (χ1n) is 9.44. The molecule has 0 radical (unpaired) electrons. The molecule has 0 saturated carbocycles. The molecule has 0 unspecified atom stereocenters. The third-order valence-electron chi connectivity index (χ3n) is 5.09. The fourth-order valence-electron chi connectivity index (χ4n) is 3.77. The molecule has 1 aliphatic rings. The summed E-state index contributed by atoms with van der Waals surface area (Å²) in [6.45, 7) is 0. The monoisotopic (exact) mass is 425 g/mol. The quantitative estimate of drug-likeness (QED) is 0.515. The van der Waals surface area contributed by atoms with Crippen LogP contribution in [-0.4, -0.2) is 52.4 Å². The molecular weight excluding hydrogens is 402 g/mol. The van der Waals surface area contributed by atoms with E-state index in [1.165, 1.54) is 28.4 Å². The van der Waals surface area contributed by atoms with E-state index in [1.807, 2.05) is 6.07 Å². The van der Waals surface area contributed by atoms with Crippen molar-refractivity contribution in [3.63, 3.8) is 0 Å². The van der Waals surface area contributed by atoms with Crippen LogP contribution in [0.4, 0.5) is 5.69 Å². The van der Waals surface area contributed by atoms with Crippen molar-refractivity contribution >= 4 is 23.6 Å². The van der Waals surface area contributed by atoms with Crippen molar-refractivity contribution in [2.24, 2.45) is 0 Å². The second-order valence-electron chi connectivity index (χ2n) is 6.66. The minimum Gasteiger partial charge on any atom is -0.497 e. The Kier molecular flexibility index (Phi) is 6.59. The molecule has 0 aromatic heterocycles. The predicted octanol–water partition coefficient (Wildman–Crippen LogP) is 2.44. The Labute approximate surface area is 180 Å². The van der Waals surface area contributed by atoms with E-state index >= 15 is 0 Å². The van der Waals surface area contributed by atoms with E-state index in [9.17, 15) is 14.4 Å². The minimum absolute atomic E-state index is 0.00172. The molecule has 3 rings (SSSR count). The van der Waals surface area contributed by atoms with Crippen LogP contribution in [-0.2, 0) is 28.6 Å². The molecule has 0 saturated heterocycles. The van der Waals surface area contributed by atoms with Gasteiger partial charge in [0.2, 0.25) is 0 Å². The summed E-state index contributed by atoms with van der Waals surface area (Å²) in [4.78, 5) is 40.3. The topological polar surface area (TPSA) is 91.4 Å². The van der Waals surface area contributed by atoms with Gasteiger partial charge in [-0.3, -0.25) is 0 Å². The Balaban J connectivity index is 2.36. The molecule has 0 fully saturated rings. The zero-order valence-corrected chi connectivity index (χ0v) is 17.7. The summed E-state index contributed by atoms with van der Waals surface area (Å²) in [5.74, 6) is -1.73. The number of hydrogen-bond donors (Lipinski definition) is 0. The van der Waals surface area contributed by atoms with Crippen LogP contribution in [0.5, 0.6) is 5.75 Å². The van der Waals surface area contributed by atoms with Crippen LogP contribution in [0.25, 0.3) is 0 Å². The number of carbonyl (C=O) groups is 3. The van der Waals surface area contributed by atoms with Crippen molar-refractivity contribution in [3.05, 3.63) is 71.3 Å². The number of carbonyl (C=O) groups excluding carboxylic acids is 3. The summed E-state index contributed by atoms with van der Waals surface area (Å²) >= 11 is 0. The highest BCUT2D eigenvalue weighted by Gasteiger charge is 2.51. The Morgan fingerprint density at radius 2 is 1.42 bits per heavy atom. The fraction of sp³-hybridized carbons (Fsp3) is 0.261. The van der Waals surface area contributed by atoms with Crippen LogP contribution >= 0.6 is 0 Å². The summed E-state index contributed by atoms with van der Waals surface area (Å²) in [5, 5.41) is 0. The second-order valence-corrected chi connectivity index (χ2v) is 6.66. The number of para-hydroxylation sites is 1. The van der Waals surface area contributed by atoms with E-state index in [1.54, 1.807) is 53.4 Å². The molecule has 0 amide bonds. The molecular formula is C23H23NO7. The Hall–Kier alpha value is -3.81. The molecule has 2 atom stereocenters. The Bertz CT molecular complexity index is 1020. The number of rotatable bonds is 6. The third-order valence-corrected chi connectivity index (χ3v) is 5.09. The second kappa shape index (κ2) is 9.34. The highest BCUT2D eigenvalue weighted by molar-refractivity contribution is 6.10. The van der Waals surface area contributed by atoms with Gasteiger partial charge in [-0.15, -0.1) is 0 Å². The van der Waals surface area contributed by atoms with Gasteiger partial charge >= 0.3 is 17.9 Å². The van der Waals surface area contributed by atoms with E-state index in [-0.39, 0.29) is 11.1 Å². The van der Waals surface area contributed by atoms with Gasteiger partial charge in [0.05, 0.1) is 45.6 Å². The lowest BCUT2D eigenvalue weighted by atomic mass is 9.96. The molecule has 8 nitrogen and oxygen atoms in total. The van der Waals surface area contributed by atoms with Gasteiger partial charge < -0.3 is 23.8 Å². The smallest absolute Gasteiger partial charge is 0.337 e. The van der Waals surface area contributed by atoms with Crippen LogP contribution in [0.2, 0.25) is 0 Å². The molecule has 0 N–H and O–H groups in total. The molecule has 0 spiro atoms. The van der Waals surface area contributed by atoms with Gasteiger partial charge in [0.1, 0.15) is 5.75 Å². The molecule has 0 aliphatic carbocycles. The fourth-order valence-corrected chi connectivity index (χ4v) is 3.77. The maximum absolute atomic E-state index is 12.9. The van der Waals surface area contributed by atoms with Gasteiger partial charge in [0, 0.05) is 5.69 Å². The molecule has 162 valence electrons. The van der Waals surface area contributed by atoms with Crippen molar-refractivity contribution in [2.45, 2.75) is 12.1 Å². The summed E-state index contributed by atoms with van der Waals surface area (Å²) in [5.41, 5.74) is 1.10. The molecule has 31 heavy (non-hydrogen) atoms. The predicted molar refractivity (Wildman–Crippen MR) is 112 cm³/mol. The summed E-state index contributed by atoms with van der Waals surface area (Å²) in [7, 11) is 5.14. The van der Waals surface area contributed by atoms with Crippen molar-refractivity contribution in [1.29, 1.82) is 0 Å². The van der Waals surface area contributed by atoms with Crippen LogP contribution in [0.15, 0.2) is 65.7 Å². The highest BCUT2D eigenvalue weighted by Crippen LogP contribution is 2.45. The number of hydrogen-bond acceptors (Lipinski definition) is 8.